The van der Waals surface area contributed by atoms with Gasteiger partial charge in [0.25, 0.3) is 0 Å². The van der Waals surface area contributed by atoms with Crippen LogP contribution in [0.15, 0.2) is 54.6 Å². The molecule has 4 heteroatoms. The van der Waals surface area contributed by atoms with Gasteiger partial charge >= 0.3 is 0 Å². The summed E-state index contributed by atoms with van der Waals surface area (Å²) in [6.45, 7) is 2.24. The zero-order chi connectivity index (χ0) is 18.1. The number of aliphatic hydroxyl groups is 1. The normalized spacial score (nSPS) is 28.1. The van der Waals surface area contributed by atoms with Crippen LogP contribution >= 0.6 is 0 Å². The maximum atomic E-state index is 12.4. The number of hydrogen-bond donors (Lipinski definition) is 1. The smallest absolute Gasteiger partial charge is 0.176 e. The molecule has 0 radical (unpaired) electrons. The molecule has 0 bridgehead atoms. The van der Waals surface area contributed by atoms with Crippen LogP contribution in [0.3, 0.4) is 0 Å². The van der Waals surface area contributed by atoms with Crippen molar-refractivity contribution < 1.29 is 14.6 Å². The summed E-state index contributed by atoms with van der Waals surface area (Å²) in [6, 6.07) is 17.3. The van der Waals surface area contributed by atoms with Crippen molar-refractivity contribution in [3.05, 3.63) is 65.7 Å². The summed E-state index contributed by atoms with van der Waals surface area (Å²) >= 11 is 0. The second kappa shape index (κ2) is 6.86. The quantitative estimate of drug-likeness (QED) is 0.841. The summed E-state index contributed by atoms with van der Waals surface area (Å²) in [7, 11) is 1.65. The first kappa shape index (κ1) is 17.3. The number of hydrogen-bond acceptors (Lipinski definition) is 4. The van der Waals surface area contributed by atoms with Gasteiger partial charge in [-0.2, -0.15) is 0 Å². The van der Waals surface area contributed by atoms with E-state index in [1.54, 1.807) is 7.11 Å². The molecule has 4 nitrogen and oxygen atoms in total. The third kappa shape index (κ3) is 3.27. The Bertz CT molecular complexity index is 775. The highest BCUT2D eigenvalue weighted by atomic mass is 16.5. The van der Waals surface area contributed by atoms with Gasteiger partial charge in [0.05, 0.1) is 19.3 Å². The molecule has 2 aromatic rings. The van der Waals surface area contributed by atoms with Crippen LogP contribution in [0.5, 0.6) is 5.75 Å². The summed E-state index contributed by atoms with van der Waals surface area (Å²) < 4.78 is 5.30. The summed E-state index contributed by atoms with van der Waals surface area (Å²) in [5, 5.41) is 11.2. The van der Waals surface area contributed by atoms with Crippen molar-refractivity contribution in [3.63, 3.8) is 0 Å². The first-order valence-corrected chi connectivity index (χ1v) is 9.25. The third-order valence-corrected chi connectivity index (χ3v) is 5.92. The molecule has 2 fully saturated rings. The van der Waals surface area contributed by atoms with Crippen LogP contribution in [0.25, 0.3) is 0 Å². The Balaban J connectivity index is 1.40. The van der Waals surface area contributed by atoms with Crippen molar-refractivity contribution in [1.82, 2.24) is 4.90 Å². The molecule has 0 aromatic heterocycles. The van der Waals surface area contributed by atoms with Gasteiger partial charge in [0.2, 0.25) is 0 Å². The van der Waals surface area contributed by atoms with Gasteiger partial charge in [0, 0.05) is 18.7 Å². The highest BCUT2D eigenvalue weighted by Crippen LogP contribution is 2.49. The van der Waals surface area contributed by atoms with Gasteiger partial charge in [-0.1, -0.05) is 42.5 Å². The molecule has 0 amide bonds. The van der Waals surface area contributed by atoms with Crippen molar-refractivity contribution in [2.45, 2.75) is 18.4 Å². The largest absolute Gasteiger partial charge is 0.497 e. The average molecular weight is 351 g/mol. The van der Waals surface area contributed by atoms with E-state index < -0.39 is 5.60 Å². The number of nitrogens with zero attached hydrogens (tertiary/aromatic N) is 1. The van der Waals surface area contributed by atoms with Gasteiger partial charge in [0.1, 0.15) is 5.75 Å². The van der Waals surface area contributed by atoms with Gasteiger partial charge in [0.15, 0.2) is 5.78 Å². The van der Waals surface area contributed by atoms with Gasteiger partial charge in [-0.3, -0.25) is 9.69 Å². The van der Waals surface area contributed by atoms with E-state index in [9.17, 15) is 9.90 Å². The van der Waals surface area contributed by atoms with Crippen LogP contribution in [0, 0.1) is 11.8 Å². The van der Waals surface area contributed by atoms with E-state index in [-0.39, 0.29) is 5.78 Å². The molecule has 0 unspecified atom stereocenters. The number of likely N-dealkylation sites (tertiary alicyclic amines) is 1. The van der Waals surface area contributed by atoms with Crippen LogP contribution in [0.2, 0.25) is 0 Å². The van der Waals surface area contributed by atoms with Crippen molar-refractivity contribution in [2.24, 2.45) is 11.8 Å². The minimum atomic E-state index is -0.778. The first-order chi connectivity index (χ1) is 12.6. The van der Waals surface area contributed by atoms with Crippen molar-refractivity contribution in [3.8, 4) is 5.75 Å². The molecular weight excluding hydrogens is 326 g/mol. The van der Waals surface area contributed by atoms with Gasteiger partial charge in [-0.05, 0) is 42.4 Å². The van der Waals surface area contributed by atoms with E-state index in [2.05, 4.69) is 4.90 Å². The first-order valence-electron chi connectivity index (χ1n) is 9.25. The second-order valence-electron chi connectivity index (χ2n) is 7.68. The maximum absolute atomic E-state index is 12.4. The number of fused-ring (bicyclic) bond motifs is 1. The van der Waals surface area contributed by atoms with E-state index in [1.165, 1.54) is 0 Å². The highest BCUT2D eigenvalue weighted by molar-refractivity contribution is 5.97. The molecule has 1 saturated heterocycles. The lowest BCUT2D eigenvalue weighted by molar-refractivity contribution is 0.0313. The average Bonchev–Trinajstić information content (AvgIpc) is 3.17. The molecule has 2 aromatic carbocycles. The molecule has 0 spiro atoms. The van der Waals surface area contributed by atoms with Gasteiger partial charge in [-0.25, -0.2) is 0 Å². The number of benzene rings is 2. The number of rotatable bonds is 5. The SMILES string of the molecule is COc1cccc([C@]2(O)C[C@H]3CN(CC(=O)c4ccccc4)C[C@H]3C2)c1. The predicted octanol–water partition coefficient (Wildman–Crippen LogP) is 3.11. The van der Waals surface area contributed by atoms with Crippen LogP contribution in [-0.4, -0.2) is 42.5 Å². The summed E-state index contributed by atoms with van der Waals surface area (Å²) in [5.41, 5.74) is 0.940. The highest BCUT2D eigenvalue weighted by Gasteiger charge is 2.49. The Hall–Kier alpha value is -2.17. The number of ketones is 1. The summed E-state index contributed by atoms with van der Waals surface area (Å²) in [4.78, 5) is 14.7. The van der Waals surface area contributed by atoms with E-state index in [0.29, 0.717) is 18.4 Å². The van der Waals surface area contributed by atoms with Gasteiger partial charge < -0.3 is 9.84 Å². The van der Waals surface area contributed by atoms with Crippen molar-refractivity contribution in [1.29, 1.82) is 0 Å². The Kier molecular flexibility index (Phi) is 4.55. The zero-order valence-corrected chi connectivity index (χ0v) is 15.1. The fourth-order valence-electron chi connectivity index (χ4n) is 4.64. The van der Waals surface area contributed by atoms with E-state index in [4.69, 9.17) is 4.74 Å². The molecule has 26 heavy (non-hydrogen) atoms. The Morgan fingerprint density at radius 3 is 2.46 bits per heavy atom. The lowest BCUT2D eigenvalue weighted by Gasteiger charge is -2.26. The minimum absolute atomic E-state index is 0.175. The third-order valence-electron chi connectivity index (χ3n) is 5.92. The molecule has 1 aliphatic carbocycles. The molecule has 1 heterocycles. The standard InChI is InChI=1S/C22H25NO3/c1-26-20-9-5-8-19(10-20)22(25)11-17-13-23(14-18(17)12-22)15-21(24)16-6-3-2-4-7-16/h2-10,17-18,25H,11-15H2,1H3/t17-,18+,22-. The molecular formula is C22H25NO3. The van der Waals surface area contributed by atoms with E-state index >= 15 is 0 Å². The topological polar surface area (TPSA) is 49.8 Å². The Morgan fingerprint density at radius 1 is 1.12 bits per heavy atom. The molecule has 1 aliphatic heterocycles. The maximum Gasteiger partial charge on any atom is 0.176 e. The second-order valence-corrected chi connectivity index (χ2v) is 7.68. The summed E-state index contributed by atoms with van der Waals surface area (Å²) in [5.74, 6) is 1.83. The van der Waals surface area contributed by atoms with Crippen LogP contribution in [0.4, 0.5) is 0 Å². The van der Waals surface area contributed by atoms with Crippen LogP contribution in [-0.2, 0) is 5.60 Å². The molecule has 3 atom stereocenters. The van der Waals surface area contributed by atoms with Gasteiger partial charge in [-0.15, -0.1) is 0 Å². The lowest BCUT2D eigenvalue weighted by atomic mass is 9.90. The van der Waals surface area contributed by atoms with E-state index in [1.807, 2.05) is 54.6 Å². The fourth-order valence-corrected chi connectivity index (χ4v) is 4.64. The number of ether oxygens (including phenoxy) is 1. The number of carbonyl (C=O) groups excluding carboxylic acids is 1. The summed E-state index contributed by atoms with van der Waals surface area (Å²) in [6.07, 6.45) is 1.50. The Morgan fingerprint density at radius 2 is 1.81 bits per heavy atom. The molecule has 136 valence electrons. The van der Waals surface area contributed by atoms with Crippen molar-refractivity contribution in [2.75, 3.05) is 26.7 Å². The van der Waals surface area contributed by atoms with Crippen LogP contribution < -0.4 is 4.74 Å². The number of methoxy groups -OCH3 is 1. The minimum Gasteiger partial charge on any atom is -0.497 e. The molecule has 1 N–H and O–H groups in total. The molecule has 1 saturated carbocycles. The van der Waals surface area contributed by atoms with E-state index in [0.717, 1.165) is 42.8 Å². The predicted molar refractivity (Wildman–Crippen MR) is 100 cm³/mol. The lowest BCUT2D eigenvalue weighted by Crippen LogP contribution is -2.31. The zero-order valence-electron chi connectivity index (χ0n) is 15.1. The monoisotopic (exact) mass is 351 g/mol. The Labute approximate surface area is 154 Å². The number of carbonyl (C=O) groups is 1. The van der Waals surface area contributed by atoms with Crippen molar-refractivity contribution >= 4 is 5.78 Å². The molecule has 2 aliphatic rings. The molecule has 4 rings (SSSR count). The number of Topliss-reactive ketones (excluding diaryl/α,β-unsaturated/α-hetero) is 1. The fraction of sp³-hybridized carbons (Fsp3) is 0.409. The van der Waals surface area contributed by atoms with Crippen LogP contribution in [0.1, 0.15) is 28.8 Å².